The Hall–Kier alpha value is -0.603. The number of hydrogen-bond donors (Lipinski definition) is 0. The largest absolute Gasteiger partial charge is 0.413 e. The lowest BCUT2D eigenvalue weighted by atomic mass is 10.0. The van der Waals surface area contributed by atoms with Gasteiger partial charge in [-0.15, -0.1) is 0 Å². The fourth-order valence-corrected chi connectivity index (χ4v) is 5.19. The normalized spacial score (nSPS) is 11.8. The molecular formula is C23H42OSi. The lowest BCUT2D eigenvalue weighted by Gasteiger charge is -2.23. The summed E-state index contributed by atoms with van der Waals surface area (Å²) in [5, 5.41) is 1.41. The van der Waals surface area contributed by atoms with Gasteiger partial charge >= 0.3 is 0 Å². The molecule has 0 aliphatic carbocycles. The van der Waals surface area contributed by atoms with Gasteiger partial charge in [-0.25, -0.2) is 0 Å². The topological polar surface area (TPSA) is 9.23 Å². The molecule has 0 saturated heterocycles. The molecule has 0 aliphatic rings. The van der Waals surface area contributed by atoms with E-state index in [0.29, 0.717) is 0 Å². The van der Waals surface area contributed by atoms with Crippen LogP contribution in [0, 0.1) is 0 Å². The molecule has 0 atom stereocenters. The Balaban J connectivity index is 1.87. The molecule has 0 fully saturated rings. The zero-order valence-electron chi connectivity index (χ0n) is 17.2. The fourth-order valence-electron chi connectivity index (χ4n) is 3.37. The van der Waals surface area contributed by atoms with Crippen LogP contribution in [0.2, 0.25) is 13.1 Å². The van der Waals surface area contributed by atoms with Crippen molar-refractivity contribution in [1.29, 1.82) is 0 Å². The Morgan fingerprint density at radius 1 is 0.640 bits per heavy atom. The summed E-state index contributed by atoms with van der Waals surface area (Å²) < 4.78 is 6.25. The summed E-state index contributed by atoms with van der Waals surface area (Å²) in [6, 6.07) is 10.8. The van der Waals surface area contributed by atoms with Gasteiger partial charge in [-0.05, 0) is 24.7 Å². The number of rotatable bonds is 16. The van der Waals surface area contributed by atoms with Gasteiger partial charge in [0.25, 0.3) is 0 Å². The molecule has 0 aliphatic heterocycles. The standard InChI is InChI=1S/C23H42OSi/c1-4-5-6-7-8-9-10-11-12-13-14-15-19-22-24-25(2,3)23-20-17-16-18-21-23/h16-18,20-21H,4-15,19,22H2,1-3H3. The van der Waals surface area contributed by atoms with Crippen LogP contribution in [0.15, 0.2) is 30.3 Å². The summed E-state index contributed by atoms with van der Waals surface area (Å²) in [6.45, 7) is 7.85. The first-order chi connectivity index (χ1) is 12.2. The van der Waals surface area contributed by atoms with E-state index in [9.17, 15) is 0 Å². The summed E-state index contributed by atoms with van der Waals surface area (Å²) in [5.74, 6) is 0. The van der Waals surface area contributed by atoms with E-state index < -0.39 is 8.32 Å². The van der Waals surface area contributed by atoms with E-state index in [1.807, 2.05) is 0 Å². The summed E-state index contributed by atoms with van der Waals surface area (Å²) in [4.78, 5) is 0. The minimum atomic E-state index is -1.68. The second-order valence-corrected chi connectivity index (χ2v) is 11.9. The lowest BCUT2D eigenvalue weighted by molar-refractivity contribution is 0.302. The molecule has 0 unspecified atom stereocenters. The SMILES string of the molecule is CCCCCCCCCCCCCCCO[Si](C)(C)c1ccccc1. The van der Waals surface area contributed by atoms with E-state index >= 15 is 0 Å². The number of unbranched alkanes of at least 4 members (excludes halogenated alkanes) is 12. The average Bonchev–Trinajstić information content (AvgIpc) is 2.63. The molecule has 0 N–H and O–H groups in total. The lowest BCUT2D eigenvalue weighted by Crippen LogP contribution is -2.44. The Bertz CT molecular complexity index is 402. The van der Waals surface area contributed by atoms with Crippen molar-refractivity contribution in [3.63, 3.8) is 0 Å². The van der Waals surface area contributed by atoms with Crippen LogP contribution in [-0.2, 0) is 4.43 Å². The van der Waals surface area contributed by atoms with Gasteiger partial charge in [0.2, 0.25) is 8.32 Å². The monoisotopic (exact) mass is 362 g/mol. The molecule has 0 heterocycles. The molecule has 1 aromatic carbocycles. The molecule has 0 saturated carbocycles. The fraction of sp³-hybridized carbons (Fsp3) is 0.739. The van der Waals surface area contributed by atoms with Crippen molar-refractivity contribution in [3.8, 4) is 0 Å². The maximum atomic E-state index is 6.25. The van der Waals surface area contributed by atoms with Gasteiger partial charge in [-0.3, -0.25) is 0 Å². The van der Waals surface area contributed by atoms with E-state index in [4.69, 9.17) is 4.43 Å². The first kappa shape index (κ1) is 22.4. The predicted octanol–water partition coefficient (Wildman–Crippen LogP) is 7.21. The van der Waals surface area contributed by atoms with E-state index in [0.717, 1.165) is 6.61 Å². The molecule has 0 aromatic heterocycles. The van der Waals surface area contributed by atoms with Crippen LogP contribution in [-0.4, -0.2) is 14.9 Å². The molecule has 2 heteroatoms. The molecular weight excluding hydrogens is 320 g/mol. The zero-order valence-corrected chi connectivity index (χ0v) is 18.2. The summed E-state index contributed by atoms with van der Waals surface area (Å²) in [7, 11) is -1.68. The summed E-state index contributed by atoms with van der Waals surface area (Å²) >= 11 is 0. The first-order valence-electron chi connectivity index (χ1n) is 10.9. The smallest absolute Gasteiger partial charge is 0.218 e. The highest BCUT2D eigenvalue weighted by molar-refractivity contribution is 6.84. The van der Waals surface area contributed by atoms with E-state index in [1.165, 1.54) is 88.7 Å². The van der Waals surface area contributed by atoms with Gasteiger partial charge < -0.3 is 4.43 Å². The first-order valence-corrected chi connectivity index (χ1v) is 13.8. The van der Waals surface area contributed by atoms with Crippen LogP contribution < -0.4 is 5.19 Å². The van der Waals surface area contributed by atoms with Gasteiger partial charge in [0, 0.05) is 6.61 Å². The van der Waals surface area contributed by atoms with Gasteiger partial charge in [-0.2, -0.15) is 0 Å². The van der Waals surface area contributed by atoms with Crippen LogP contribution in [0.5, 0.6) is 0 Å². The van der Waals surface area contributed by atoms with Gasteiger partial charge in [0.1, 0.15) is 0 Å². The van der Waals surface area contributed by atoms with Crippen molar-refractivity contribution in [2.24, 2.45) is 0 Å². The third-order valence-electron chi connectivity index (χ3n) is 5.18. The quantitative estimate of drug-likeness (QED) is 0.223. The molecule has 0 bridgehead atoms. The molecule has 1 rings (SSSR count). The zero-order chi connectivity index (χ0) is 18.2. The Labute approximate surface area is 158 Å². The minimum absolute atomic E-state index is 0.936. The average molecular weight is 363 g/mol. The molecule has 1 nitrogen and oxygen atoms in total. The van der Waals surface area contributed by atoms with Crippen LogP contribution in [0.4, 0.5) is 0 Å². The molecule has 1 aromatic rings. The van der Waals surface area contributed by atoms with Crippen molar-refractivity contribution < 1.29 is 4.43 Å². The van der Waals surface area contributed by atoms with E-state index in [1.54, 1.807) is 0 Å². The van der Waals surface area contributed by atoms with Crippen molar-refractivity contribution in [2.75, 3.05) is 6.61 Å². The number of benzene rings is 1. The van der Waals surface area contributed by atoms with Crippen LogP contribution in [0.1, 0.15) is 90.4 Å². The van der Waals surface area contributed by atoms with Crippen molar-refractivity contribution in [3.05, 3.63) is 30.3 Å². The maximum absolute atomic E-state index is 6.25. The Morgan fingerprint density at radius 2 is 1.08 bits per heavy atom. The second kappa shape index (κ2) is 14.6. The Morgan fingerprint density at radius 3 is 1.56 bits per heavy atom. The highest BCUT2D eigenvalue weighted by atomic mass is 28.4. The summed E-state index contributed by atoms with van der Waals surface area (Å²) in [5.41, 5.74) is 0. The van der Waals surface area contributed by atoms with Gasteiger partial charge in [0.05, 0.1) is 0 Å². The van der Waals surface area contributed by atoms with Crippen molar-refractivity contribution in [1.82, 2.24) is 0 Å². The van der Waals surface area contributed by atoms with Crippen LogP contribution in [0.3, 0.4) is 0 Å². The van der Waals surface area contributed by atoms with Crippen molar-refractivity contribution >= 4 is 13.5 Å². The second-order valence-electron chi connectivity index (χ2n) is 7.97. The maximum Gasteiger partial charge on any atom is 0.218 e. The van der Waals surface area contributed by atoms with E-state index in [-0.39, 0.29) is 0 Å². The molecule has 0 radical (unpaired) electrons. The third kappa shape index (κ3) is 11.6. The Kier molecular flexibility index (Phi) is 13.1. The molecule has 0 spiro atoms. The third-order valence-corrected chi connectivity index (χ3v) is 7.83. The molecule has 25 heavy (non-hydrogen) atoms. The highest BCUT2D eigenvalue weighted by Gasteiger charge is 2.24. The highest BCUT2D eigenvalue weighted by Crippen LogP contribution is 2.13. The van der Waals surface area contributed by atoms with Gasteiger partial charge in [0.15, 0.2) is 0 Å². The van der Waals surface area contributed by atoms with E-state index in [2.05, 4.69) is 50.3 Å². The minimum Gasteiger partial charge on any atom is -0.413 e. The van der Waals surface area contributed by atoms with Crippen LogP contribution in [0.25, 0.3) is 0 Å². The van der Waals surface area contributed by atoms with Gasteiger partial charge in [-0.1, -0.05) is 114 Å². The predicted molar refractivity (Wildman–Crippen MR) is 115 cm³/mol. The molecule has 0 amide bonds. The summed E-state index contributed by atoms with van der Waals surface area (Å²) in [6.07, 6.45) is 18.3. The number of hydrogen-bond acceptors (Lipinski definition) is 1. The van der Waals surface area contributed by atoms with Crippen molar-refractivity contribution in [2.45, 2.75) is 103 Å². The van der Waals surface area contributed by atoms with Crippen LogP contribution >= 0.6 is 0 Å². The molecule has 144 valence electrons.